The number of aromatic amines is 2. The molecule has 3 aromatic heterocycles. The number of fused-ring (bicyclic) bond motifs is 8. The van der Waals surface area contributed by atoms with E-state index in [1.54, 1.807) is 0 Å². The van der Waals surface area contributed by atoms with Crippen LogP contribution in [0.5, 0.6) is 0 Å². The molecule has 8 nitrogen and oxygen atoms in total. The molecule has 2 aliphatic rings. The second kappa shape index (κ2) is 12.8. The Balaban J connectivity index is 0.00000423. The maximum atomic E-state index is 11.5. The van der Waals surface area contributed by atoms with Crippen molar-refractivity contribution in [3.8, 4) is 0 Å². The van der Waals surface area contributed by atoms with E-state index in [-0.39, 0.29) is 30.8 Å². The second-order valence-corrected chi connectivity index (χ2v) is 11.2. The molecule has 4 N–H and O–H groups in total. The molecule has 0 aromatic carbocycles. The molecule has 0 aliphatic carbocycles. The van der Waals surface area contributed by atoms with Crippen LogP contribution in [-0.2, 0) is 22.4 Å². The van der Waals surface area contributed by atoms with Crippen LogP contribution in [0.1, 0.15) is 98.4 Å². The molecule has 0 spiro atoms. The predicted molar refractivity (Wildman–Crippen MR) is 178 cm³/mol. The number of aromatic nitrogens is 4. The van der Waals surface area contributed by atoms with E-state index in [1.165, 1.54) is 11.1 Å². The van der Waals surface area contributed by atoms with E-state index in [0.29, 0.717) is 18.5 Å². The zero-order chi connectivity index (χ0) is 30.3. The summed E-state index contributed by atoms with van der Waals surface area (Å²) >= 11 is 0. The summed E-state index contributed by atoms with van der Waals surface area (Å²) in [6.45, 7) is 12.5. The molecule has 5 rings (SSSR count). The van der Waals surface area contributed by atoms with Gasteiger partial charge in [-0.15, -0.1) is 0 Å². The van der Waals surface area contributed by atoms with Crippen LogP contribution >= 0.6 is 0 Å². The Morgan fingerprint density at radius 1 is 0.628 bits per heavy atom. The molecule has 1 atom stereocenters. The minimum atomic E-state index is -0.864. The van der Waals surface area contributed by atoms with E-state index >= 15 is 0 Å². The van der Waals surface area contributed by atoms with Gasteiger partial charge in [-0.25, -0.2) is 9.97 Å². The van der Waals surface area contributed by atoms with Crippen molar-refractivity contribution in [2.75, 3.05) is 0 Å². The fourth-order valence-electron chi connectivity index (χ4n) is 6.22. The van der Waals surface area contributed by atoms with E-state index in [4.69, 9.17) is 9.97 Å². The number of nitrogens with one attached hydrogen (secondary N) is 2. The minimum absolute atomic E-state index is 0. The normalized spacial score (nSPS) is 13.0. The summed E-state index contributed by atoms with van der Waals surface area (Å²) in [5.41, 5.74) is 15.4. The molecule has 0 saturated carbocycles. The summed E-state index contributed by atoms with van der Waals surface area (Å²) in [5.74, 6) is -1.72. The second-order valence-electron chi connectivity index (χ2n) is 11.2. The molecule has 3 aromatic rings. The predicted octanol–water partition coefficient (Wildman–Crippen LogP) is 6.46. The molecule has 1 unspecified atom stereocenters. The first-order chi connectivity index (χ1) is 20.0. The van der Waals surface area contributed by atoms with Gasteiger partial charge in [0.05, 0.1) is 22.8 Å². The van der Waals surface area contributed by atoms with Crippen LogP contribution in [0.2, 0.25) is 0 Å². The van der Waals surface area contributed by atoms with Crippen LogP contribution in [0.25, 0.3) is 44.4 Å². The number of aliphatic carboxylic acids is 2. The number of allylic oxidation sites excluding steroid dienone is 4. The Morgan fingerprint density at radius 3 is 1.63 bits per heavy atom. The number of carbonyl (C=O) groups is 2. The van der Waals surface area contributed by atoms with Crippen LogP contribution in [0.15, 0.2) is 24.3 Å². The molecular formula is C34H41AsN4O4. The Bertz CT molecular complexity index is 1860. The van der Waals surface area contributed by atoms with Crippen molar-refractivity contribution < 1.29 is 19.8 Å². The van der Waals surface area contributed by atoms with Crippen LogP contribution in [0.3, 0.4) is 0 Å². The van der Waals surface area contributed by atoms with Crippen LogP contribution in [0, 0.1) is 13.8 Å². The zero-order valence-electron chi connectivity index (χ0n) is 25.9. The number of rotatable bonds is 8. The fraction of sp³-hybridized carbons (Fsp3) is 0.353. The standard InChI is InChI=1S/C34H38N4O4.AsH3/c1-7-21-17(3)25-13-26-19(5)23(9-11-33(39)40)31(37-26)16-32-24(10-12-34(41)42)20(6)28(38-32)15-30-22(8-2)18(4)27(36-30)14-29(21)35-25;/h13-16,35,38H,7-12H2,1-6H3,(H,39,40)(H,41,42);1H3. The van der Waals surface area contributed by atoms with Gasteiger partial charge in [-0.05, 0) is 122 Å². The third-order valence-corrected chi connectivity index (χ3v) is 8.69. The van der Waals surface area contributed by atoms with Gasteiger partial charge in [-0.3, -0.25) is 9.59 Å². The van der Waals surface area contributed by atoms with Gasteiger partial charge in [-0.2, -0.15) is 0 Å². The van der Waals surface area contributed by atoms with Crippen LogP contribution < -0.4 is 0 Å². The average molecular weight is 645 g/mol. The van der Waals surface area contributed by atoms with Crippen molar-refractivity contribution in [1.82, 2.24) is 19.9 Å². The van der Waals surface area contributed by atoms with Crippen molar-refractivity contribution >= 4 is 74.3 Å². The first kappa shape index (κ1) is 32.0. The molecule has 0 amide bonds. The van der Waals surface area contributed by atoms with Crippen molar-refractivity contribution in [3.05, 3.63) is 69.3 Å². The van der Waals surface area contributed by atoms with Crippen molar-refractivity contribution in [3.63, 3.8) is 0 Å². The van der Waals surface area contributed by atoms with E-state index in [9.17, 15) is 19.8 Å². The summed E-state index contributed by atoms with van der Waals surface area (Å²) in [5, 5.41) is 18.9. The van der Waals surface area contributed by atoms with E-state index in [2.05, 4.69) is 49.8 Å². The van der Waals surface area contributed by atoms with Crippen molar-refractivity contribution in [1.29, 1.82) is 0 Å². The number of hydrogen-bond donors (Lipinski definition) is 4. The zero-order valence-corrected chi connectivity index (χ0v) is 28.8. The molecule has 2 aliphatic heterocycles. The number of aryl methyl sites for hydroxylation is 4. The molecular weight excluding hydrogens is 603 g/mol. The SMILES string of the molecule is CCC1=C(C)c2cc3[nH]c(cc4nc(cc5[nH]c(cc1n2)c(C)c5CCC(=O)O)C(CCC(=O)O)=C4C)c(C)c3CC.[AsH3]. The first-order valence-electron chi connectivity index (χ1n) is 14.6. The molecule has 8 bridgehead atoms. The summed E-state index contributed by atoms with van der Waals surface area (Å²) in [7, 11) is 0. The average Bonchev–Trinajstić information content (AvgIpc) is 3.59. The van der Waals surface area contributed by atoms with Gasteiger partial charge in [0.15, 0.2) is 0 Å². The van der Waals surface area contributed by atoms with E-state index in [0.717, 1.165) is 85.4 Å². The van der Waals surface area contributed by atoms with Gasteiger partial charge >= 0.3 is 29.9 Å². The Labute approximate surface area is 262 Å². The molecule has 226 valence electrons. The number of nitrogens with zero attached hydrogens (tertiary/aromatic N) is 2. The van der Waals surface area contributed by atoms with Crippen molar-refractivity contribution in [2.24, 2.45) is 0 Å². The van der Waals surface area contributed by atoms with Crippen LogP contribution in [0.4, 0.5) is 0 Å². The summed E-state index contributed by atoms with van der Waals surface area (Å²) in [4.78, 5) is 40.3. The molecule has 43 heavy (non-hydrogen) atoms. The van der Waals surface area contributed by atoms with Crippen molar-refractivity contribution in [2.45, 2.75) is 80.1 Å². The van der Waals surface area contributed by atoms with E-state index < -0.39 is 11.9 Å². The summed E-state index contributed by atoms with van der Waals surface area (Å²) in [6, 6.07) is 8.19. The monoisotopic (exact) mass is 644 g/mol. The van der Waals surface area contributed by atoms with Gasteiger partial charge in [0.25, 0.3) is 0 Å². The van der Waals surface area contributed by atoms with E-state index in [1.807, 2.05) is 26.0 Å². The summed E-state index contributed by atoms with van der Waals surface area (Å²) < 4.78 is 0. The van der Waals surface area contributed by atoms with Crippen LogP contribution in [-0.4, -0.2) is 60.0 Å². The van der Waals surface area contributed by atoms with Gasteiger partial charge in [0.2, 0.25) is 0 Å². The molecule has 0 saturated heterocycles. The quantitative estimate of drug-likeness (QED) is 0.208. The number of H-pyrrole nitrogens is 2. The number of carboxylic acid groups (broad SMARTS) is 2. The van der Waals surface area contributed by atoms with Gasteiger partial charge in [0, 0.05) is 34.9 Å². The summed E-state index contributed by atoms with van der Waals surface area (Å²) in [6.07, 6.45) is 2.39. The first-order valence-corrected chi connectivity index (χ1v) is 14.6. The van der Waals surface area contributed by atoms with Gasteiger partial charge < -0.3 is 20.2 Å². The van der Waals surface area contributed by atoms with Gasteiger partial charge in [0.1, 0.15) is 0 Å². The number of carboxylic acids is 2. The third-order valence-electron chi connectivity index (χ3n) is 8.69. The topological polar surface area (TPSA) is 132 Å². The Hall–Kier alpha value is -3.90. The molecule has 9 heteroatoms. The Kier molecular flexibility index (Phi) is 9.50. The Morgan fingerprint density at radius 2 is 1.07 bits per heavy atom. The van der Waals surface area contributed by atoms with Gasteiger partial charge in [-0.1, -0.05) is 13.8 Å². The fourth-order valence-corrected chi connectivity index (χ4v) is 6.22. The molecule has 0 radical (unpaired) electrons. The molecule has 5 heterocycles. The number of hydrogen-bond acceptors (Lipinski definition) is 4. The maximum absolute atomic E-state index is 11.5. The third kappa shape index (κ3) is 6.12. The molecule has 0 fully saturated rings.